The number of nitrogens with zero attached hydrogens (tertiary/aromatic N) is 1. The molecule has 0 unspecified atom stereocenters. The van der Waals surface area contributed by atoms with Crippen LogP contribution in [0, 0.1) is 5.92 Å². The molecule has 1 heterocycles. The van der Waals surface area contributed by atoms with E-state index in [4.69, 9.17) is 26.1 Å². The van der Waals surface area contributed by atoms with Crippen LogP contribution in [0.2, 0.25) is 18.1 Å². The molecule has 1 aromatic rings. The van der Waals surface area contributed by atoms with Gasteiger partial charge in [-0.2, -0.15) is 0 Å². The van der Waals surface area contributed by atoms with Crippen molar-refractivity contribution in [3.8, 4) is 0 Å². The van der Waals surface area contributed by atoms with Crippen LogP contribution < -0.4 is 16.0 Å². The van der Waals surface area contributed by atoms with Gasteiger partial charge in [0.1, 0.15) is 16.7 Å². The Hall–Kier alpha value is -2.09. The van der Waals surface area contributed by atoms with Crippen LogP contribution in [-0.2, 0) is 18.7 Å². The Labute approximate surface area is 256 Å². The lowest BCUT2D eigenvalue weighted by Gasteiger charge is -2.37. The summed E-state index contributed by atoms with van der Waals surface area (Å²) >= 11 is 6.89. The summed E-state index contributed by atoms with van der Waals surface area (Å²) in [6.07, 6.45) is 0.165. The Morgan fingerprint density at radius 1 is 1.05 bits per heavy atom. The fourth-order valence-electron chi connectivity index (χ4n) is 3.20. The number of thiazole rings is 1. The predicted molar refractivity (Wildman–Crippen MR) is 170 cm³/mol. The van der Waals surface area contributed by atoms with E-state index in [1.807, 2.05) is 13.8 Å². The molecule has 0 aliphatic carbocycles. The fraction of sp³-hybridized carbons (Fsp3) is 0.750. The number of ether oxygens (including phenoxy) is 2. The molecule has 0 bridgehead atoms. The molecule has 0 aromatic carbocycles. The predicted octanol–water partition coefficient (Wildman–Crippen LogP) is 5.74. The van der Waals surface area contributed by atoms with Crippen molar-refractivity contribution >= 4 is 54.8 Å². The second-order valence-corrected chi connectivity index (χ2v) is 18.8. The van der Waals surface area contributed by atoms with Crippen molar-refractivity contribution in [3.05, 3.63) is 16.1 Å². The minimum Gasteiger partial charge on any atom is -0.461 e. The Morgan fingerprint density at radius 3 is 2.17 bits per heavy atom. The van der Waals surface area contributed by atoms with Crippen molar-refractivity contribution in [2.24, 2.45) is 5.92 Å². The highest BCUT2D eigenvalue weighted by Crippen LogP contribution is 2.36. The molecule has 0 fully saturated rings. The fourth-order valence-corrected chi connectivity index (χ4v) is 5.39. The van der Waals surface area contributed by atoms with Crippen molar-refractivity contribution in [1.82, 2.24) is 20.9 Å². The number of aromatic nitrogens is 1. The molecule has 4 atom stereocenters. The second-order valence-electron chi connectivity index (χ2n) is 12.7. The second kappa shape index (κ2) is 15.4. The molecule has 0 aliphatic rings. The van der Waals surface area contributed by atoms with Gasteiger partial charge in [0.05, 0.1) is 30.3 Å². The number of hydrogen-bond donors (Lipinski definition) is 3. The molecule has 0 saturated heterocycles. The highest BCUT2D eigenvalue weighted by molar-refractivity contribution is 7.80. The van der Waals surface area contributed by atoms with E-state index >= 15 is 0 Å². The minimum absolute atomic E-state index is 0.0295. The third-order valence-electron chi connectivity index (χ3n) is 6.96. The molecule has 0 saturated carbocycles. The van der Waals surface area contributed by atoms with E-state index in [1.165, 1.54) is 11.3 Å². The third kappa shape index (κ3) is 12.0. The normalized spacial score (nSPS) is 15.2. The van der Waals surface area contributed by atoms with Crippen LogP contribution in [0.5, 0.6) is 0 Å². The summed E-state index contributed by atoms with van der Waals surface area (Å²) < 4.78 is 16.8. The van der Waals surface area contributed by atoms with E-state index in [0.717, 1.165) is 6.42 Å². The molecular formula is C28H50N4O6S2Si. The van der Waals surface area contributed by atoms with Crippen molar-refractivity contribution in [2.75, 3.05) is 13.2 Å². The lowest BCUT2D eigenvalue weighted by Crippen LogP contribution is -2.56. The van der Waals surface area contributed by atoms with Gasteiger partial charge in [-0.15, -0.1) is 11.3 Å². The van der Waals surface area contributed by atoms with E-state index in [2.05, 4.69) is 54.8 Å². The molecule has 3 N–H and O–H groups in total. The summed E-state index contributed by atoms with van der Waals surface area (Å²) in [5, 5.41) is 11.1. The van der Waals surface area contributed by atoms with Gasteiger partial charge < -0.3 is 29.9 Å². The molecule has 41 heavy (non-hydrogen) atoms. The monoisotopic (exact) mass is 630 g/mol. The van der Waals surface area contributed by atoms with Crippen molar-refractivity contribution in [1.29, 1.82) is 0 Å². The van der Waals surface area contributed by atoms with Crippen LogP contribution in [0.4, 0.5) is 4.79 Å². The summed E-state index contributed by atoms with van der Waals surface area (Å²) in [5.74, 6) is -0.793. The van der Waals surface area contributed by atoms with Gasteiger partial charge >= 0.3 is 12.1 Å². The zero-order valence-electron chi connectivity index (χ0n) is 26.7. The topological polar surface area (TPSA) is 128 Å². The van der Waals surface area contributed by atoms with Crippen molar-refractivity contribution < 1.29 is 28.3 Å². The molecule has 2 amide bonds. The van der Waals surface area contributed by atoms with E-state index in [1.54, 1.807) is 40.0 Å². The zero-order chi connectivity index (χ0) is 31.8. The summed E-state index contributed by atoms with van der Waals surface area (Å²) in [4.78, 5) is 43.1. The van der Waals surface area contributed by atoms with Gasteiger partial charge in [0, 0.05) is 5.38 Å². The van der Waals surface area contributed by atoms with Gasteiger partial charge in [-0.3, -0.25) is 4.79 Å². The van der Waals surface area contributed by atoms with E-state index in [0.29, 0.717) is 5.01 Å². The smallest absolute Gasteiger partial charge is 0.408 e. The van der Waals surface area contributed by atoms with Crippen LogP contribution in [0.1, 0.15) is 97.2 Å². The van der Waals surface area contributed by atoms with Crippen molar-refractivity contribution in [3.63, 3.8) is 0 Å². The first-order valence-electron chi connectivity index (χ1n) is 14.1. The zero-order valence-corrected chi connectivity index (χ0v) is 29.4. The molecule has 0 radical (unpaired) electrons. The number of rotatable bonds is 13. The van der Waals surface area contributed by atoms with E-state index < -0.39 is 44.1 Å². The molecule has 234 valence electrons. The maximum absolute atomic E-state index is 13.8. The molecule has 1 aromatic heterocycles. The minimum atomic E-state index is -2.21. The number of carbonyl (C=O) groups excluding carboxylic acids is 3. The van der Waals surface area contributed by atoms with Gasteiger partial charge in [0.2, 0.25) is 5.91 Å². The molecular weight excluding hydrogens is 581 g/mol. The lowest BCUT2D eigenvalue weighted by atomic mass is 9.99. The maximum Gasteiger partial charge on any atom is 0.408 e. The number of nitrogens with one attached hydrogen (secondary N) is 3. The van der Waals surface area contributed by atoms with Crippen LogP contribution >= 0.6 is 23.6 Å². The maximum atomic E-state index is 13.8. The van der Waals surface area contributed by atoms with Gasteiger partial charge in [-0.05, 0) is 58.7 Å². The van der Waals surface area contributed by atoms with Gasteiger partial charge in [0.25, 0.3) is 0 Å². The van der Waals surface area contributed by atoms with Crippen LogP contribution in [0.25, 0.3) is 0 Å². The average Bonchev–Trinajstić information content (AvgIpc) is 3.32. The average molecular weight is 631 g/mol. The molecule has 0 spiro atoms. The highest BCUT2D eigenvalue weighted by atomic mass is 32.1. The van der Waals surface area contributed by atoms with Crippen LogP contribution in [0.3, 0.4) is 0 Å². The number of carbonyl (C=O) groups is 3. The largest absolute Gasteiger partial charge is 0.461 e. The quantitative estimate of drug-likeness (QED) is 0.142. The summed E-state index contributed by atoms with van der Waals surface area (Å²) in [6.45, 7) is 23.8. The first kappa shape index (κ1) is 36.9. The summed E-state index contributed by atoms with van der Waals surface area (Å²) in [5.41, 5.74) is -0.444. The van der Waals surface area contributed by atoms with Crippen LogP contribution in [-0.4, -0.2) is 67.2 Å². The van der Waals surface area contributed by atoms with E-state index in [9.17, 15) is 14.4 Å². The SMILES string of the molecule is CCOC(=O)c1csc([C@H](NC(=O)[C@@H](CO[Si](C)(C)C(C)(C)C)NC(=S)[C@@H](C)NC(=O)OC(C)(C)C)[C@@H](C)CC)n1. The Bertz CT molecular complexity index is 1050. The summed E-state index contributed by atoms with van der Waals surface area (Å²) in [6, 6.07) is -1.88. The number of thiocarbonyl (C=S) groups is 1. The highest BCUT2D eigenvalue weighted by Gasteiger charge is 2.39. The molecule has 0 aliphatic heterocycles. The Balaban J connectivity index is 3.21. The lowest BCUT2D eigenvalue weighted by molar-refractivity contribution is -0.124. The first-order chi connectivity index (χ1) is 18.7. The summed E-state index contributed by atoms with van der Waals surface area (Å²) in [7, 11) is -2.21. The van der Waals surface area contributed by atoms with E-state index in [-0.39, 0.29) is 40.8 Å². The molecule has 10 nitrogen and oxygen atoms in total. The standard InChI is InChI=1S/C28H50N4O6S2Si/c1-13-17(3)21(24-31-20(16-40-24)25(34)36-14-2)32-22(33)19(15-37-41(11,12)28(8,9)10)30-23(39)18(4)29-26(35)38-27(5,6)7/h16-19,21H,13-15H2,1-12H3,(H,29,35)(H,30,39)(H,32,33)/t17-,18+,19+,21+/m0/s1. The number of esters is 1. The Morgan fingerprint density at radius 2 is 1.66 bits per heavy atom. The number of alkyl carbamates (subject to hydrolysis) is 1. The van der Waals surface area contributed by atoms with Gasteiger partial charge in [0.15, 0.2) is 14.0 Å². The van der Waals surface area contributed by atoms with Gasteiger partial charge in [-0.1, -0.05) is 53.3 Å². The Kier molecular flexibility index (Phi) is 13.9. The first-order valence-corrected chi connectivity index (χ1v) is 18.3. The molecule has 13 heteroatoms. The van der Waals surface area contributed by atoms with Crippen LogP contribution in [0.15, 0.2) is 5.38 Å². The molecule has 1 rings (SSSR count). The van der Waals surface area contributed by atoms with Crippen molar-refractivity contribution in [2.45, 2.75) is 118 Å². The number of amides is 2. The van der Waals surface area contributed by atoms with Gasteiger partial charge in [-0.25, -0.2) is 14.6 Å². The third-order valence-corrected chi connectivity index (χ3v) is 12.9. The number of hydrogen-bond acceptors (Lipinski definition) is 9.